The minimum Gasteiger partial charge on any atom is -0.478 e. The second kappa shape index (κ2) is 6.19. The fraction of sp³-hybridized carbons (Fsp3) is 0.0769. The minimum atomic E-state index is -1.07. The third-order valence-corrected chi connectivity index (χ3v) is 3.18. The van der Waals surface area contributed by atoms with Crippen molar-refractivity contribution in [2.24, 2.45) is 0 Å². The monoisotopic (exact) mass is 279 g/mol. The summed E-state index contributed by atoms with van der Waals surface area (Å²) in [5, 5.41) is 9.12. The summed E-state index contributed by atoms with van der Waals surface area (Å²) in [4.78, 5) is 14.5. The summed E-state index contributed by atoms with van der Waals surface area (Å²) in [6, 6.07) is 4.25. The molecule has 0 fully saturated rings. The van der Waals surface area contributed by atoms with Gasteiger partial charge in [0.15, 0.2) is 0 Å². The van der Waals surface area contributed by atoms with Crippen molar-refractivity contribution >= 4 is 23.8 Å². The van der Waals surface area contributed by atoms with E-state index in [1.807, 2.05) is 0 Å². The van der Waals surface area contributed by atoms with E-state index in [2.05, 4.69) is 4.98 Å². The Morgan fingerprint density at radius 3 is 3.05 bits per heavy atom. The first-order valence-electron chi connectivity index (χ1n) is 5.37. The van der Waals surface area contributed by atoms with Crippen molar-refractivity contribution in [1.82, 2.24) is 4.98 Å². The molecule has 4 nitrogen and oxygen atoms in total. The van der Waals surface area contributed by atoms with Crippen LogP contribution in [-0.2, 0) is 10.5 Å². The molecule has 0 amide bonds. The zero-order valence-corrected chi connectivity index (χ0v) is 10.6. The van der Waals surface area contributed by atoms with Crippen LogP contribution in [0.3, 0.4) is 0 Å². The molecule has 2 aromatic rings. The second-order valence-corrected chi connectivity index (χ2v) is 4.53. The molecule has 0 saturated carbocycles. The molecule has 0 unspecified atom stereocenters. The molecule has 0 aliphatic rings. The van der Waals surface area contributed by atoms with E-state index >= 15 is 0 Å². The quantitative estimate of drug-likeness (QED) is 0.672. The highest BCUT2D eigenvalue weighted by molar-refractivity contribution is 7.98. The molecule has 6 heteroatoms. The van der Waals surface area contributed by atoms with Crippen molar-refractivity contribution < 1.29 is 18.7 Å². The molecule has 0 aliphatic carbocycles. The normalized spacial score (nSPS) is 11.0. The van der Waals surface area contributed by atoms with Crippen LogP contribution in [0.1, 0.15) is 11.1 Å². The van der Waals surface area contributed by atoms with Gasteiger partial charge in [0.25, 0.3) is 5.22 Å². The lowest BCUT2D eigenvalue weighted by Crippen LogP contribution is -1.91. The van der Waals surface area contributed by atoms with Crippen LogP contribution in [0.5, 0.6) is 0 Å². The van der Waals surface area contributed by atoms with Gasteiger partial charge in [-0.05, 0) is 29.3 Å². The highest BCUT2D eigenvalue weighted by Gasteiger charge is 2.05. The molecule has 19 heavy (non-hydrogen) atoms. The zero-order chi connectivity index (χ0) is 13.7. The van der Waals surface area contributed by atoms with Gasteiger partial charge in [0.1, 0.15) is 12.1 Å². The molecule has 98 valence electrons. The molecule has 0 saturated heterocycles. The number of benzene rings is 1. The Bertz CT molecular complexity index is 596. The summed E-state index contributed by atoms with van der Waals surface area (Å²) < 4.78 is 18.2. The Morgan fingerprint density at radius 2 is 2.37 bits per heavy atom. The van der Waals surface area contributed by atoms with Gasteiger partial charge < -0.3 is 9.52 Å². The highest BCUT2D eigenvalue weighted by atomic mass is 32.2. The molecular weight excluding hydrogens is 269 g/mol. The highest BCUT2D eigenvalue weighted by Crippen LogP contribution is 2.24. The SMILES string of the molecule is O=C(O)/C=C/c1cc(F)ccc1CSc1ncco1. The number of aliphatic carboxylic acids is 1. The average molecular weight is 279 g/mol. The van der Waals surface area contributed by atoms with Crippen LogP contribution in [-0.4, -0.2) is 16.1 Å². The predicted octanol–water partition coefficient (Wildman–Crippen LogP) is 3.20. The maximum Gasteiger partial charge on any atom is 0.328 e. The van der Waals surface area contributed by atoms with Crippen molar-refractivity contribution in [2.45, 2.75) is 11.0 Å². The molecule has 0 radical (unpaired) electrons. The molecule has 1 heterocycles. The number of rotatable bonds is 5. The lowest BCUT2D eigenvalue weighted by Gasteiger charge is -2.04. The number of halogens is 1. The Balaban J connectivity index is 2.16. The van der Waals surface area contributed by atoms with Gasteiger partial charge in [0.05, 0.1) is 6.20 Å². The Hall–Kier alpha value is -2.08. The van der Waals surface area contributed by atoms with E-state index in [0.717, 1.165) is 11.6 Å². The molecule has 0 bridgehead atoms. The van der Waals surface area contributed by atoms with Crippen molar-refractivity contribution in [3.05, 3.63) is 53.7 Å². The molecule has 1 aromatic heterocycles. The summed E-state index contributed by atoms with van der Waals surface area (Å²) in [6.45, 7) is 0. The number of aromatic nitrogens is 1. The van der Waals surface area contributed by atoms with E-state index in [1.165, 1.54) is 42.4 Å². The maximum atomic E-state index is 13.2. The number of thioether (sulfide) groups is 1. The van der Waals surface area contributed by atoms with Gasteiger partial charge in [-0.25, -0.2) is 14.2 Å². The number of oxazole rings is 1. The largest absolute Gasteiger partial charge is 0.478 e. The minimum absolute atomic E-state index is 0.407. The molecule has 0 atom stereocenters. The zero-order valence-electron chi connectivity index (χ0n) is 9.75. The van der Waals surface area contributed by atoms with E-state index in [0.29, 0.717) is 16.5 Å². The summed E-state index contributed by atoms with van der Waals surface area (Å²) in [5.41, 5.74) is 1.34. The first-order chi connectivity index (χ1) is 9.15. The fourth-order valence-electron chi connectivity index (χ4n) is 1.43. The molecule has 2 rings (SSSR count). The van der Waals surface area contributed by atoms with E-state index in [1.54, 1.807) is 6.07 Å². The van der Waals surface area contributed by atoms with Crippen LogP contribution in [0.25, 0.3) is 6.08 Å². The third kappa shape index (κ3) is 3.96. The first kappa shape index (κ1) is 13.4. The van der Waals surface area contributed by atoms with Crippen molar-refractivity contribution in [2.75, 3.05) is 0 Å². The summed E-state index contributed by atoms with van der Waals surface area (Å²) in [7, 11) is 0. The van der Waals surface area contributed by atoms with Gasteiger partial charge in [-0.2, -0.15) is 0 Å². The van der Waals surface area contributed by atoms with Gasteiger partial charge in [-0.15, -0.1) is 0 Å². The molecular formula is C13H10FNO3S. The van der Waals surface area contributed by atoms with E-state index in [-0.39, 0.29) is 0 Å². The Kier molecular flexibility index (Phi) is 4.35. The Labute approximate surface area is 113 Å². The van der Waals surface area contributed by atoms with Crippen LogP contribution in [0.4, 0.5) is 4.39 Å². The van der Waals surface area contributed by atoms with Gasteiger partial charge in [-0.1, -0.05) is 17.8 Å². The van der Waals surface area contributed by atoms with Crippen molar-refractivity contribution in [3.8, 4) is 0 Å². The van der Waals surface area contributed by atoms with Crippen LogP contribution >= 0.6 is 11.8 Å². The second-order valence-electron chi connectivity index (χ2n) is 3.60. The Morgan fingerprint density at radius 1 is 1.53 bits per heavy atom. The molecule has 0 aliphatic heterocycles. The van der Waals surface area contributed by atoms with E-state index < -0.39 is 11.8 Å². The van der Waals surface area contributed by atoms with E-state index in [4.69, 9.17) is 9.52 Å². The van der Waals surface area contributed by atoms with Crippen LogP contribution in [0.2, 0.25) is 0 Å². The van der Waals surface area contributed by atoms with Gasteiger partial charge in [0, 0.05) is 11.8 Å². The number of hydrogen-bond donors (Lipinski definition) is 1. The number of carbonyl (C=O) groups is 1. The topological polar surface area (TPSA) is 63.3 Å². The van der Waals surface area contributed by atoms with Gasteiger partial charge in [0.2, 0.25) is 0 Å². The number of carboxylic acid groups (broad SMARTS) is 1. The maximum absolute atomic E-state index is 13.2. The standard InChI is InChI=1S/C13H10FNO3S/c14-11-3-1-10(8-19-13-15-5-6-18-13)9(7-11)2-4-12(16)17/h1-7H,8H2,(H,16,17)/b4-2+. The van der Waals surface area contributed by atoms with E-state index in [9.17, 15) is 9.18 Å². The molecule has 1 N–H and O–H groups in total. The van der Waals surface area contributed by atoms with Crippen LogP contribution < -0.4 is 0 Å². The fourth-order valence-corrected chi connectivity index (χ4v) is 2.24. The molecule has 0 spiro atoms. The lowest BCUT2D eigenvalue weighted by atomic mass is 10.1. The first-order valence-corrected chi connectivity index (χ1v) is 6.35. The number of carboxylic acids is 1. The number of nitrogens with zero attached hydrogens (tertiary/aromatic N) is 1. The summed E-state index contributed by atoms with van der Waals surface area (Å²) in [5.74, 6) is -0.967. The van der Waals surface area contributed by atoms with Crippen LogP contribution in [0, 0.1) is 5.82 Å². The van der Waals surface area contributed by atoms with Gasteiger partial charge in [-0.3, -0.25) is 0 Å². The number of hydrogen-bond acceptors (Lipinski definition) is 4. The van der Waals surface area contributed by atoms with Crippen molar-refractivity contribution in [3.63, 3.8) is 0 Å². The van der Waals surface area contributed by atoms with Crippen LogP contribution in [0.15, 0.2) is 46.4 Å². The predicted molar refractivity (Wildman–Crippen MR) is 69.1 cm³/mol. The summed E-state index contributed by atoms with van der Waals surface area (Å²) in [6.07, 6.45) is 5.36. The smallest absolute Gasteiger partial charge is 0.328 e. The van der Waals surface area contributed by atoms with Crippen molar-refractivity contribution in [1.29, 1.82) is 0 Å². The lowest BCUT2D eigenvalue weighted by molar-refractivity contribution is -0.131. The van der Waals surface area contributed by atoms with Gasteiger partial charge >= 0.3 is 5.97 Å². The third-order valence-electron chi connectivity index (χ3n) is 2.27. The molecule has 1 aromatic carbocycles. The summed E-state index contributed by atoms with van der Waals surface area (Å²) >= 11 is 1.35. The average Bonchev–Trinajstić information content (AvgIpc) is 2.88.